The molecule has 0 bridgehead atoms. The van der Waals surface area contributed by atoms with Crippen molar-refractivity contribution in [3.8, 4) is 11.5 Å². The van der Waals surface area contributed by atoms with Crippen molar-refractivity contribution >= 4 is 17.2 Å². The molecule has 0 atom stereocenters. The minimum absolute atomic E-state index is 0.157. The second kappa shape index (κ2) is 6.83. The highest BCUT2D eigenvalue weighted by Crippen LogP contribution is 2.36. The summed E-state index contributed by atoms with van der Waals surface area (Å²) >= 11 is 1.51. The van der Waals surface area contributed by atoms with Crippen LogP contribution in [0.15, 0.2) is 35.7 Å². The van der Waals surface area contributed by atoms with Crippen molar-refractivity contribution in [2.24, 2.45) is 0 Å². The van der Waals surface area contributed by atoms with E-state index in [0.717, 1.165) is 61.1 Å². The van der Waals surface area contributed by atoms with Gasteiger partial charge in [0.2, 0.25) is 6.79 Å². The number of amides is 1. The smallest absolute Gasteiger partial charge is 0.263 e. The van der Waals surface area contributed by atoms with Gasteiger partial charge in [0.05, 0.1) is 4.88 Å². The number of benzene rings is 1. The number of carbonyl (C=O) groups excluding carboxylic acids is 1. The zero-order valence-electron chi connectivity index (χ0n) is 13.4. The summed E-state index contributed by atoms with van der Waals surface area (Å²) in [5.74, 6) is 1.86. The van der Waals surface area contributed by atoms with Crippen molar-refractivity contribution < 1.29 is 14.3 Å². The lowest BCUT2D eigenvalue weighted by Crippen LogP contribution is -2.34. The number of ether oxygens (including phenoxy) is 2. The Morgan fingerprint density at radius 2 is 2.04 bits per heavy atom. The molecule has 2 aliphatic rings. The van der Waals surface area contributed by atoms with Crippen molar-refractivity contribution in [1.82, 2.24) is 9.80 Å². The first-order valence-electron chi connectivity index (χ1n) is 8.24. The number of para-hydroxylation sites is 1. The molecule has 0 unspecified atom stereocenters. The predicted molar refractivity (Wildman–Crippen MR) is 92.7 cm³/mol. The van der Waals surface area contributed by atoms with Crippen molar-refractivity contribution in [3.05, 3.63) is 46.2 Å². The van der Waals surface area contributed by atoms with Crippen LogP contribution in [0.2, 0.25) is 0 Å². The molecule has 126 valence electrons. The van der Waals surface area contributed by atoms with E-state index in [9.17, 15) is 4.79 Å². The van der Waals surface area contributed by atoms with Crippen LogP contribution in [0.3, 0.4) is 0 Å². The Morgan fingerprint density at radius 3 is 2.92 bits per heavy atom. The van der Waals surface area contributed by atoms with Gasteiger partial charge in [0, 0.05) is 38.3 Å². The van der Waals surface area contributed by atoms with E-state index in [1.54, 1.807) is 0 Å². The molecule has 2 aliphatic heterocycles. The van der Waals surface area contributed by atoms with Gasteiger partial charge in [0.15, 0.2) is 11.5 Å². The number of rotatable bonds is 3. The van der Waals surface area contributed by atoms with Crippen LogP contribution in [-0.4, -0.2) is 48.7 Å². The molecule has 0 radical (unpaired) electrons. The molecule has 1 aromatic carbocycles. The number of hydrogen-bond donors (Lipinski definition) is 0. The third-order valence-corrected chi connectivity index (χ3v) is 5.34. The molecule has 4 rings (SSSR count). The van der Waals surface area contributed by atoms with Gasteiger partial charge < -0.3 is 14.4 Å². The summed E-state index contributed by atoms with van der Waals surface area (Å²) < 4.78 is 11.0. The van der Waals surface area contributed by atoms with Gasteiger partial charge in [0.1, 0.15) is 0 Å². The summed E-state index contributed by atoms with van der Waals surface area (Å²) in [6.07, 6.45) is 0.990. The third kappa shape index (κ3) is 3.12. The maximum Gasteiger partial charge on any atom is 0.263 e. The largest absolute Gasteiger partial charge is 0.454 e. The summed E-state index contributed by atoms with van der Waals surface area (Å²) in [7, 11) is 0. The second-order valence-corrected chi connectivity index (χ2v) is 7.00. The first-order valence-corrected chi connectivity index (χ1v) is 9.12. The number of thiophene rings is 1. The summed E-state index contributed by atoms with van der Waals surface area (Å²) in [6.45, 7) is 4.58. The van der Waals surface area contributed by atoms with Gasteiger partial charge in [0.25, 0.3) is 5.91 Å². The Bertz CT molecular complexity index is 717. The third-order valence-electron chi connectivity index (χ3n) is 4.48. The summed E-state index contributed by atoms with van der Waals surface area (Å²) in [5, 5.41) is 1.95. The number of nitrogens with zero attached hydrogens (tertiary/aromatic N) is 2. The van der Waals surface area contributed by atoms with Gasteiger partial charge in [-0.3, -0.25) is 9.69 Å². The molecule has 5 nitrogen and oxygen atoms in total. The molecular weight excluding hydrogens is 324 g/mol. The van der Waals surface area contributed by atoms with Crippen molar-refractivity contribution in [2.75, 3.05) is 33.0 Å². The van der Waals surface area contributed by atoms with Gasteiger partial charge in [-0.2, -0.15) is 0 Å². The molecule has 0 N–H and O–H groups in total. The fourth-order valence-electron chi connectivity index (χ4n) is 3.24. The van der Waals surface area contributed by atoms with Gasteiger partial charge >= 0.3 is 0 Å². The Kier molecular flexibility index (Phi) is 4.40. The summed E-state index contributed by atoms with van der Waals surface area (Å²) in [4.78, 5) is 17.7. The van der Waals surface area contributed by atoms with Crippen LogP contribution in [0.4, 0.5) is 0 Å². The van der Waals surface area contributed by atoms with E-state index in [0.29, 0.717) is 6.79 Å². The molecule has 6 heteroatoms. The van der Waals surface area contributed by atoms with Crippen LogP contribution in [-0.2, 0) is 6.54 Å². The molecule has 0 saturated carbocycles. The highest BCUT2D eigenvalue weighted by atomic mass is 32.1. The fourth-order valence-corrected chi connectivity index (χ4v) is 3.94. The van der Waals surface area contributed by atoms with Crippen LogP contribution < -0.4 is 9.47 Å². The van der Waals surface area contributed by atoms with Crippen molar-refractivity contribution in [3.63, 3.8) is 0 Å². The monoisotopic (exact) mass is 344 g/mol. The van der Waals surface area contributed by atoms with E-state index >= 15 is 0 Å². The lowest BCUT2D eigenvalue weighted by atomic mass is 10.1. The topological polar surface area (TPSA) is 42.0 Å². The minimum atomic E-state index is 0.157. The molecule has 24 heavy (non-hydrogen) atoms. The van der Waals surface area contributed by atoms with E-state index in [-0.39, 0.29) is 5.91 Å². The van der Waals surface area contributed by atoms with Gasteiger partial charge in [-0.1, -0.05) is 18.2 Å². The lowest BCUT2D eigenvalue weighted by molar-refractivity contribution is 0.0766. The highest BCUT2D eigenvalue weighted by molar-refractivity contribution is 7.12. The Morgan fingerprint density at radius 1 is 1.08 bits per heavy atom. The molecule has 2 aromatic rings. The number of carbonyl (C=O) groups is 1. The average molecular weight is 344 g/mol. The van der Waals surface area contributed by atoms with E-state index in [1.807, 2.05) is 34.5 Å². The summed E-state index contributed by atoms with van der Waals surface area (Å²) in [6, 6.07) is 9.87. The fraction of sp³-hybridized carbons (Fsp3) is 0.389. The Labute approximate surface area is 145 Å². The number of fused-ring (bicyclic) bond motifs is 1. The SMILES string of the molecule is O=C(c1cccs1)N1CCCN(Cc2cccc3c2OCO3)CC1. The quantitative estimate of drug-likeness (QED) is 0.859. The van der Waals surface area contributed by atoms with Gasteiger partial charge in [-0.05, 0) is 23.9 Å². The molecule has 0 spiro atoms. The second-order valence-electron chi connectivity index (χ2n) is 6.05. The van der Waals surface area contributed by atoms with E-state index < -0.39 is 0 Å². The Hall–Kier alpha value is -2.05. The predicted octanol–water partition coefficient (Wildman–Crippen LogP) is 2.82. The Balaban J connectivity index is 1.40. The molecule has 1 saturated heterocycles. The van der Waals surface area contributed by atoms with Crippen LogP contribution in [0, 0.1) is 0 Å². The van der Waals surface area contributed by atoms with Crippen molar-refractivity contribution in [1.29, 1.82) is 0 Å². The average Bonchev–Trinajstić information content (AvgIpc) is 3.24. The van der Waals surface area contributed by atoms with Crippen LogP contribution in [0.1, 0.15) is 21.7 Å². The molecule has 3 heterocycles. The van der Waals surface area contributed by atoms with E-state index in [2.05, 4.69) is 11.0 Å². The number of hydrogen-bond acceptors (Lipinski definition) is 5. The lowest BCUT2D eigenvalue weighted by Gasteiger charge is -2.22. The van der Waals surface area contributed by atoms with Crippen LogP contribution in [0.25, 0.3) is 0 Å². The van der Waals surface area contributed by atoms with Gasteiger partial charge in [-0.15, -0.1) is 11.3 Å². The van der Waals surface area contributed by atoms with Crippen LogP contribution >= 0.6 is 11.3 Å². The van der Waals surface area contributed by atoms with E-state index in [1.165, 1.54) is 11.3 Å². The molecule has 1 amide bonds. The summed E-state index contributed by atoms with van der Waals surface area (Å²) in [5.41, 5.74) is 1.16. The van der Waals surface area contributed by atoms with E-state index in [4.69, 9.17) is 9.47 Å². The molecule has 1 fully saturated rings. The first-order chi connectivity index (χ1) is 11.8. The maximum absolute atomic E-state index is 12.5. The minimum Gasteiger partial charge on any atom is -0.454 e. The normalized spacial score (nSPS) is 17.8. The zero-order valence-corrected chi connectivity index (χ0v) is 14.3. The highest BCUT2D eigenvalue weighted by Gasteiger charge is 2.23. The zero-order chi connectivity index (χ0) is 16.4. The molecular formula is C18H20N2O3S. The van der Waals surface area contributed by atoms with Crippen molar-refractivity contribution in [2.45, 2.75) is 13.0 Å². The van der Waals surface area contributed by atoms with Crippen LogP contribution in [0.5, 0.6) is 11.5 Å². The standard InChI is InChI=1S/C18H20N2O3S/c21-18(16-6-2-11-24-16)20-8-3-7-19(9-10-20)12-14-4-1-5-15-17(14)23-13-22-15/h1-2,4-6,11H,3,7-10,12-13H2. The first kappa shape index (κ1) is 15.5. The molecule has 1 aromatic heterocycles. The molecule has 0 aliphatic carbocycles. The van der Waals surface area contributed by atoms with Gasteiger partial charge in [-0.25, -0.2) is 0 Å². The maximum atomic E-state index is 12.5.